The van der Waals surface area contributed by atoms with Crippen molar-refractivity contribution < 1.29 is 29.0 Å². The number of carbonyl (C=O) groups is 3. The number of pyridine rings is 1. The maximum absolute atomic E-state index is 12.7. The summed E-state index contributed by atoms with van der Waals surface area (Å²) >= 11 is 0. The zero-order valence-corrected chi connectivity index (χ0v) is 24.1. The van der Waals surface area contributed by atoms with Gasteiger partial charge in [-0.15, -0.1) is 0 Å². The van der Waals surface area contributed by atoms with Crippen molar-refractivity contribution in [1.29, 1.82) is 0 Å². The zero-order chi connectivity index (χ0) is 29.9. The number of benzene rings is 2. The van der Waals surface area contributed by atoms with Crippen LogP contribution >= 0.6 is 0 Å². The molecule has 0 spiro atoms. The van der Waals surface area contributed by atoms with E-state index in [1.54, 1.807) is 17.2 Å². The molecule has 10 heteroatoms. The third kappa shape index (κ3) is 6.64. The Labute approximate surface area is 245 Å². The fraction of sp³-hybridized carbons (Fsp3) is 0.375. The molecule has 2 aliphatic rings. The van der Waals surface area contributed by atoms with Gasteiger partial charge in [0, 0.05) is 44.7 Å². The summed E-state index contributed by atoms with van der Waals surface area (Å²) in [6.45, 7) is 7.87. The van der Waals surface area contributed by atoms with Crippen molar-refractivity contribution in [3.63, 3.8) is 0 Å². The molecule has 2 amide bonds. The minimum absolute atomic E-state index is 0.0548. The molecule has 1 aliphatic carbocycles. The summed E-state index contributed by atoms with van der Waals surface area (Å²) in [7, 11) is 0. The van der Waals surface area contributed by atoms with Crippen LogP contribution in [0.2, 0.25) is 0 Å². The smallest absolute Gasteiger partial charge is 0.410 e. The third-order valence-electron chi connectivity index (χ3n) is 7.44. The van der Waals surface area contributed by atoms with Gasteiger partial charge in [0.2, 0.25) is 0 Å². The first kappa shape index (κ1) is 28.9. The Morgan fingerprint density at radius 2 is 1.57 bits per heavy atom. The Morgan fingerprint density at radius 3 is 2.12 bits per heavy atom. The van der Waals surface area contributed by atoms with Gasteiger partial charge in [0.15, 0.2) is 0 Å². The first-order valence-corrected chi connectivity index (χ1v) is 14.1. The van der Waals surface area contributed by atoms with Crippen LogP contribution in [0.15, 0.2) is 66.9 Å². The largest absolute Gasteiger partial charge is 0.480 e. The number of aliphatic carboxylic acids is 1. The first-order valence-electron chi connectivity index (χ1n) is 14.1. The number of carbonyl (C=O) groups excluding carboxylic acids is 2. The van der Waals surface area contributed by atoms with Crippen LogP contribution in [0, 0.1) is 0 Å². The number of piperazine rings is 1. The number of amides is 2. The highest BCUT2D eigenvalue weighted by molar-refractivity contribution is 5.81. The number of alkyl carbamates (subject to hydrolysis) is 1. The number of carboxylic acid groups (broad SMARTS) is 1. The lowest BCUT2D eigenvalue weighted by Crippen LogP contribution is -2.50. The van der Waals surface area contributed by atoms with Crippen LogP contribution in [-0.2, 0) is 20.7 Å². The summed E-state index contributed by atoms with van der Waals surface area (Å²) in [4.78, 5) is 45.2. The molecule has 1 aliphatic heterocycles. The van der Waals surface area contributed by atoms with E-state index in [0.29, 0.717) is 31.7 Å². The number of hydrogen-bond acceptors (Lipinski definition) is 7. The van der Waals surface area contributed by atoms with Gasteiger partial charge in [-0.2, -0.15) is 0 Å². The molecule has 0 bridgehead atoms. The molecule has 3 aromatic rings. The fourth-order valence-corrected chi connectivity index (χ4v) is 5.39. The molecule has 10 nitrogen and oxygen atoms in total. The molecule has 2 aromatic carbocycles. The minimum Gasteiger partial charge on any atom is -0.480 e. The van der Waals surface area contributed by atoms with Gasteiger partial charge in [0.1, 0.15) is 24.1 Å². The summed E-state index contributed by atoms with van der Waals surface area (Å²) in [5.74, 6) is -0.543. The number of nitrogens with zero attached hydrogens (tertiary/aromatic N) is 3. The number of carboxylic acids is 1. The first-order chi connectivity index (χ1) is 20.1. The third-order valence-corrected chi connectivity index (χ3v) is 7.44. The van der Waals surface area contributed by atoms with E-state index >= 15 is 0 Å². The molecule has 2 heterocycles. The van der Waals surface area contributed by atoms with Crippen LogP contribution in [0.1, 0.15) is 43.4 Å². The van der Waals surface area contributed by atoms with Crippen molar-refractivity contribution >= 4 is 24.0 Å². The molecular weight excluding hydrogens is 536 g/mol. The number of anilines is 1. The van der Waals surface area contributed by atoms with E-state index in [-0.39, 0.29) is 25.0 Å². The van der Waals surface area contributed by atoms with Crippen molar-refractivity contribution in [2.24, 2.45) is 0 Å². The molecule has 5 rings (SSSR count). The van der Waals surface area contributed by atoms with Crippen LogP contribution < -0.4 is 10.2 Å². The van der Waals surface area contributed by atoms with Gasteiger partial charge in [0.05, 0.1) is 0 Å². The Bertz CT molecular complexity index is 1400. The average Bonchev–Trinajstić information content (AvgIpc) is 3.29. The molecular formula is C32H36N4O6. The van der Waals surface area contributed by atoms with E-state index in [9.17, 15) is 19.5 Å². The van der Waals surface area contributed by atoms with Gasteiger partial charge >= 0.3 is 18.2 Å². The van der Waals surface area contributed by atoms with Gasteiger partial charge < -0.3 is 29.7 Å². The highest BCUT2D eigenvalue weighted by atomic mass is 16.6. The Morgan fingerprint density at radius 1 is 0.952 bits per heavy atom. The van der Waals surface area contributed by atoms with Crippen molar-refractivity contribution in [3.05, 3.63) is 83.6 Å². The van der Waals surface area contributed by atoms with Crippen molar-refractivity contribution in [1.82, 2.24) is 15.2 Å². The number of fused-ring (bicyclic) bond motifs is 3. The predicted molar refractivity (Wildman–Crippen MR) is 158 cm³/mol. The molecule has 2 N–H and O–H groups in total. The van der Waals surface area contributed by atoms with Crippen LogP contribution in [0.5, 0.6) is 0 Å². The highest BCUT2D eigenvalue weighted by Crippen LogP contribution is 2.44. The monoisotopic (exact) mass is 572 g/mol. The number of ether oxygens (including phenoxy) is 2. The number of nitrogens with one attached hydrogen (secondary N) is 1. The molecule has 0 saturated carbocycles. The van der Waals surface area contributed by atoms with E-state index in [1.807, 2.05) is 63.2 Å². The summed E-state index contributed by atoms with van der Waals surface area (Å²) in [6.07, 6.45) is 0.565. The lowest BCUT2D eigenvalue weighted by Gasteiger charge is -2.36. The fourth-order valence-electron chi connectivity index (χ4n) is 5.39. The van der Waals surface area contributed by atoms with Gasteiger partial charge in [-0.3, -0.25) is 0 Å². The summed E-state index contributed by atoms with van der Waals surface area (Å²) in [5.41, 5.74) is 4.52. The summed E-state index contributed by atoms with van der Waals surface area (Å²) in [5, 5.41) is 12.3. The second-order valence-corrected chi connectivity index (χ2v) is 11.5. The average molecular weight is 573 g/mol. The molecule has 0 radical (unpaired) electrons. The maximum atomic E-state index is 12.7. The van der Waals surface area contributed by atoms with Crippen LogP contribution in [0.25, 0.3) is 11.1 Å². The standard InChI is InChI=1S/C32H36N4O6/c1-32(2,3)42-31(40)36-16-14-35(15-17-36)28-13-12-21(19-33-28)18-27(29(37)38)34-30(39)41-20-26-24-10-6-4-8-22(24)23-9-5-7-11-25(23)26/h4-13,19,26-27H,14-18,20H2,1-3H3,(H,34,39)(H,37,38)/t27-/m0/s1. The molecule has 1 fully saturated rings. The lowest BCUT2D eigenvalue weighted by atomic mass is 9.98. The second-order valence-electron chi connectivity index (χ2n) is 11.5. The van der Waals surface area contributed by atoms with E-state index < -0.39 is 23.7 Å². The second kappa shape index (κ2) is 12.1. The zero-order valence-electron chi connectivity index (χ0n) is 24.1. The van der Waals surface area contributed by atoms with Gasteiger partial charge in [0.25, 0.3) is 0 Å². The Balaban J connectivity index is 1.14. The lowest BCUT2D eigenvalue weighted by molar-refractivity contribution is -0.139. The van der Waals surface area contributed by atoms with Gasteiger partial charge in [-0.25, -0.2) is 19.4 Å². The quantitative estimate of drug-likeness (QED) is 0.419. The molecule has 1 saturated heterocycles. The normalized spacial score (nSPS) is 15.4. The van der Waals surface area contributed by atoms with Crippen LogP contribution in [-0.4, -0.2) is 77.6 Å². The van der Waals surface area contributed by atoms with Crippen LogP contribution in [0.4, 0.5) is 15.4 Å². The van der Waals surface area contributed by atoms with E-state index in [1.165, 1.54) is 0 Å². The molecule has 1 aromatic heterocycles. The Kier molecular flexibility index (Phi) is 8.33. The predicted octanol–water partition coefficient (Wildman–Crippen LogP) is 4.67. The summed E-state index contributed by atoms with van der Waals surface area (Å²) < 4.78 is 11.0. The maximum Gasteiger partial charge on any atom is 0.410 e. The van der Waals surface area contributed by atoms with E-state index in [2.05, 4.69) is 27.3 Å². The SMILES string of the molecule is CC(C)(C)OC(=O)N1CCN(c2ccc(C[C@H](NC(=O)OCC3c4ccccc4-c4ccccc43)C(=O)O)cn2)CC1. The van der Waals surface area contributed by atoms with Crippen molar-refractivity contribution in [2.75, 3.05) is 37.7 Å². The van der Waals surface area contributed by atoms with E-state index in [0.717, 1.165) is 28.1 Å². The molecule has 0 unspecified atom stereocenters. The summed E-state index contributed by atoms with van der Waals surface area (Å²) in [6, 6.07) is 18.5. The number of aromatic nitrogens is 1. The Hall–Kier alpha value is -4.60. The topological polar surface area (TPSA) is 121 Å². The van der Waals surface area contributed by atoms with Crippen LogP contribution in [0.3, 0.4) is 0 Å². The number of rotatable bonds is 7. The molecule has 1 atom stereocenters. The molecule has 42 heavy (non-hydrogen) atoms. The van der Waals surface area contributed by atoms with Crippen molar-refractivity contribution in [2.45, 2.75) is 44.8 Å². The van der Waals surface area contributed by atoms with Gasteiger partial charge in [-0.1, -0.05) is 54.6 Å². The highest BCUT2D eigenvalue weighted by Gasteiger charge is 2.30. The molecule has 220 valence electrons. The number of hydrogen-bond donors (Lipinski definition) is 2. The minimum atomic E-state index is -1.18. The van der Waals surface area contributed by atoms with Crippen molar-refractivity contribution in [3.8, 4) is 11.1 Å². The van der Waals surface area contributed by atoms with Gasteiger partial charge in [-0.05, 0) is 54.7 Å². The van der Waals surface area contributed by atoms with E-state index in [4.69, 9.17) is 9.47 Å².